The van der Waals surface area contributed by atoms with E-state index in [-0.39, 0.29) is 0 Å². The van der Waals surface area contributed by atoms with Gasteiger partial charge in [-0.25, -0.2) is 4.79 Å². The van der Waals surface area contributed by atoms with Gasteiger partial charge >= 0.3 is 6.03 Å². The number of hydrogen-bond acceptors (Lipinski definition) is 3. The Morgan fingerprint density at radius 2 is 2.06 bits per heavy atom. The molecule has 0 bridgehead atoms. The van der Waals surface area contributed by atoms with E-state index in [1.165, 1.54) is 0 Å². The number of benzene rings is 1. The minimum Gasteiger partial charge on any atom is -0.351 e. The number of amides is 3. The molecule has 0 aliphatic rings. The Labute approximate surface area is 111 Å². The van der Waals surface area contributed by atoms with Crippen LogP contribution in [-0.4, -0.2) is 29.9 Å². The first-order chi connectivity index (χ1) is 8.41. The third-order valence-corrected chi connectivity index (χ3v) is 3.03. The van der Waals surface area contributed by atoms with Crippen LogP contribution in [0.5, 0.6) is 0 Å². The number of primary amides is 1. The molecule has 1 aromatic carbocycles. The fourth-order valence-electron chi connectivity index (χ4n) is 1.46. The molecule has 0 aliphatic heterocycles. The third kappa shape index (κ3) is 4.01. The van der Waals surface area contributed by atoms with Crippen molar-refractivity contribution in [1.29, 1.82) is 0 Å². The van der Waals surface area contributed by atoms with E-state index in [4.69, 9.17) is 17.3 Å². The van der Waals surface area contributed by atoms with Crippen LogP contribution in [-0.2, 0) is 11.3 Å². The zero-order valence-electron chi connectivity index (χ0n) is 10.3. The van der Waals surface area contributed by atoms with Gasteiger partial charge < -0.3 is 5.73 Å². The van der Waals surface area contributed by atoms with Gasteiger partial charge in [-0.1, -0.05) is 29.8 Å². The van der Waals surface area contributed by atoms with Crippen LogP contribution in [0.15, 0.2) is 24.3 Å². The molecule has 1 aromatic rings. The summed E-state index contributed by atoms with van der Waals surface area (Å²) in [7, 11) is 1.77. The van der Waals surface area contributed by atoms with Gasteiger partial charge in [0.05, 0.1) is 6.04 Å². The summed E-state index contributed by atoms with van der Waals surface area (Å²) in [5.74, 6) is -0.433. The highest BCUT2D eigenvalue weighted by Gasteiger charge is 2.19. The molecule has 0 aliphatic carbocycles. The lowest BCUT2D eigenvalue weighted by molar-refractivity contribution is -0.124. The molecule has 3 amide bonds. The summed E-state index contributed by atoms with van der Waals surface area (Å²) in [5, 5.41) is 2.69. The van der Waals surface area contributed by atoms with E-state index < -0.39 is 18.0 Å². The lowest BCUT2D eigenvalue weighted by Gasteiger charge is -2.23. The van der Waals surface area contributed by atoms with Crippen molar-refractivity contribution in [1.82, 2.24) is 10.2 Å². The van der Waals surface area contributed by atoms with Crippen molar-refractivity contribution >= 4 is 23.5 Å². The normalized spacial score (nSPS) is 12.2. The molecule has 0 spiro atoms. The number of nitrogens with zero attached hydrogens (tertiary/aromatic N) is 1. The number of carbonyl (C=O) groups is 2. The van der Waals surface area contributed by atoms with Crippen LogP contribution >= 0.6 is 11.6 Å². The Balaban J connectivity index is 2.65. The van der Waals surface area contributed by atoms with Crippen molar-refractivity contribution in [3.63, 3.8) is 0 Å². The number of hydrogen-bond donors (Lipinski definition) is 2. The highest BCUT2D eigenvalue weighted by atomic mass is 35.5. The van der Waals surface area contributed by atoms with Gasteiger partial charge in [0.1, 0.15) is 0 Å². The van der Waals surface area contributed by atoms with Gasteiger partial charge in [-0.3, -0.25) is 15.0 Å². The Morgan fingerprint density at radius 3 is 2.61 bits per heavy atom. The maximum atomic E-state index is 11.6. The van der Waals surface area contributed by atoms with Gasteiger partial charge in [-0.2, -0.15) is 0 Å². The summed E-state index contributed by atoms with van der Waals surface area (Å²) in [6.07, 6.45) is 0. The fourth-order valence-corrected chi connectivity index (χ4v) is 1.65. The summed E-state index contributed by atoms with van der Waals surface area (Å²) in [6.45, 7) is 2.20. The van der Waals surface area contributed by atoms with E-state index in [1.807, 2.05) is 23.5 Å². The van der Waals surface area contributed by atoms with E-state index in [2.05, 4.69) is 0 Å². The average molecular weight is 270 g/mol. The van der Waals surface area contributed by atoms with Crippen molar-refractivity contribution in [2.45, 2.75) is 19.5 Å². The SMILES string of the molecule is C[C@H](C(=O)NC(N)=O)N(C)Cc1ccccc1Cl. The predicted octanol–water partition coefficient (Wildman–Crippen LogP) is 1.36. The number of likely N-dealkylation sites (N-methyl/N-ethyl adjacent to an activating group) is 1. The van der Waals surface area contributed by atoms with Crippen molar-refractivity contribution in [2.75, 3.05) is 7.05 Å². The van der Waals surface area contributed by atoms with Gasteiger partial charge in [0.25, 0.3) is 0 Å². The van der Waals surface area contributed by atoms with Crippen molar-refractivity contribution in [2.24, 2.45) is 5.73 Å². The molecule has 6 heteroatoms. The molecule has 0 saturated carbocycles. The predicted molar refractivity (Wildman–Crippen MR) is 70.1 cm³/mol. The first-order valence-electron chi connectivity index (χ1n) is 5.45. The Kier molecular flexibility index (Phi) is 5.12. The molecule has 18 heavy (non-hydrogen) atoms. The van der Waals surface area contributed by atoms with Crippen LogP contribution in [0.2, 0.25) is 5.02 Å². The molecule has 0 unspecified atom stereocenters. The standard InChI is InChI=1S/C12H16ClN3O2/c1-8(11(17)15-12(14)18)16(2)7-9-5-3-4-6-10(9)13/h3-6,8H,7H2,1-2H3,(H3,14,15,17,18)/t8-/m1/s1. The molecule has 1 atom stereocenters. The Morgan fingerprint density at radius 1 is 1.44 bits per heavy atom. The largest absolute Gasteiger partial charge is 0.351 e. The van der Waals surface area contributed by atoms with Crippen LogP contribution in [0.1, 0.15) is 12.5 Å². The molecule has 0 aromatic heterocycles. The lowest BCUT2D eigenvalue weighted by Crippen LogP contribution is -2.46. The fraction of sp³-hybridized carbons (Fsp3) is 0.333. The van der Waals surface area contributed by atoms with Crippen LogP contribution in [0.4, 0.5) is 4.79 Å². The summed E-state index contributed by atoms with van der Waals surface area (Å²) < 4.78 is 0. The summed E-state index contributed by atoms with van der Waals surface area (Å²) in [4.78, 5) is 24.0. The van der Waals surface area contributed by atoms with E-state index in [9.17, 15) is 9.59 Å². The maximum Gasteiger partial charge on any atom is 0.318 e. The number of urea groups is 1. The maximum absolute atomic E-state index is 11.6. The first-order valence-corrected chi connectivity index (χ1v) is 5.83. The van der Waals surface area contributed by atoms with Crippen LogP contribution in [0.3, 0.4) is 0 Å². The minimum atomic E-state index is -0.849. The Bertz CT molecular complexity index is 451. The second-order valence-corrected chi connectivity index (χ2v) is 4.44. The van der Waals surface area contributed by atoms with E-state index in [0.29, 0.717) is 11.6 Å². The van der Waals surface area contributed by atoms with Gasteiger partial charge in [0.15, 0.2) is 0 Å². The number of halogens is 1. The summed E-state index contributed by atoms with van der Waals surface area (Å²) in [5.41, 5.74) is 5.81. The average Bonchev–Trinajstić information content (AvgIpc) is 2.30. The van der Waals surface area contributed by atoms with Gasteiger partial charge in [-0.05, 0) is 25.6 Å². The molecule has 0 heterocycles. The van der Waals surface area contributed by atoms with Crippen molar-refractivity contribution in [3.05, 3.63) is 34.9 Å². The summed E-state index contributed by atoms with van der Waals surface area (Å²) >= 11 is 6.04. The van der Waals surface area contributed by atoms with E-state index in [1.54, 1.807) is 24.9 Å². The van der Waals surface area contributed by atoms with E-state index >= 15 is 0 Å². The molecular formula is C12H16ClN3O2. The number of imide groups is 1. The van der Waals surface area contributed by atoms with Gasteiger partial charge in [0.2, 0.25) is 5.91 Å². The van der Waals surface area contributed by atoms with Crippen molar-refractivity contribution in [3.8, 4) is 0 Å². The second kappa shape index (κ2) is 6.37. The molecule has 0 radical (unpaired) electrons. The molecule has 1 rings (SSSR count). The smallest absolute Gasteiger partial charge is 0.318 e. The van der Waals surface area contributed by atoms with Crippen LogP contribution in [0.25, 0.3) is 0 Å². The Hall–Kier alpha value is -1.59. The number of nitrogens with two attached hydrogens (primary N) is 1. The monoisotopic (exact) mass is 269 g/mol. The van der Waals surface area contributed by atoms with E-state index in [0.717, 1.165) is 5.56 Å². The summed E-state index contributed by atoms with van der Waals surface area (Å²) in [6, 6.07) is 6.07. The third-order valence-electron chi connectivity index (χ3n) is 2.66. The highest BCUT2D eigenvalue weighted by Crippen LogP contribution is 2.17. The lowest BCUT2D eigenvalue weighted by atomic mass is 10.2. The molecule has 98 valence electrons. The zero-order valence-corrected chi connectivity index (χ0v) is 11.1. The second-order valence-electron chi connectivity index (χ2n) is 4.04. The number of carbonyl (C=O) groups excluding carboxylic acids is 2. The van der Waals surface area contributed by atoms with Crippen LogP contribution in [0, 0.1) is 0 Å². The molecule has 0 fully saturated rings. The molecule has 0 saturated heterocycles. The number of nitrogens with one attached hydrogen (secondary N) is 1. The van der Waals surface area contributed by atoms with Gasteiger partial charge in [-0.15, -0.1) is 0 Å². The molecular weight excluding hydrogens is 254 g/mol. The van der Waals surface area contributed by atoms with Crippen molar-refractivity contribution < 1.29 is 9.59 Å². The topological polar surface area (TPSA) is 75.4 Å². The molecule has 5 nitrogen and oxygen atoms in total. The molecule has 3 N–H and O–H groups in total. The van der Waals surface area contributed by atoms with Crippen LogP contribution < -0.4 is 11.1 Å². The first kappa shape index (κ1) is 14.5. The highest BCUT2D eigenvalue weighted by molar-refractivity contribution is 6.31. The zero-order chi connectivity index (χ0) is 13.7. The van der Waals surface area contributed by atoms with Gasteiger partial charge in [0, 0.05) is 11.6 Å². The quantitative estimate of drug-likeness (QED) is 0.866. The minimum absolute atomic E-state index is 0.433. The number of rotatable bonds is 4.